The van der Waals surface area contributed by atoms with Gasteiger partial charge in [-0.05, 0) is 58.1 Å². The molecule has 1 saturated carbocycles. The average Bonchev–Trinajstić information content (AvgIpc) is 3.13. The maximum atomic E-state index is 13.8. The van der Waals surface area contributed by atoms with Crippen molar-refractivity contribution in [1.82, 2.24) is 9.80 Å². The molecular formula is C23H35N3O4S. The summed E-state index contributed by atoms with van der Waals surface area (Å²) in [7, 11) is 2.03. The minimum Gasteiger partial charge on any atom is -0.477 e. The van der Waals surface area contributed by atoms with Crippen LogP contribution in [0.1, 0.15) is 60.5 Å². The van der Waals surface area contributed by atoms with E-state index in [1.165, 1.54) is 11.3 Å². The average molecular weight is 450 g/mol. The largest absolute Gasteiger partial charge is 0.477 e. The molecule has 2 amide bonds. The molecule has 7 nitrogen and oxygen atoms in total. The van der Waals surface area contributed by atoms with Gasteiger partial charge in [0.2, 0.25) is 11.8 Å². The molecule has 8 heteroatoms. The van der Waals surface area contributed by atoms with Crippen molar-refractivity contribution in [2.24, 2.45) is 11.8 Å². The van der Waals surface area contributed by atoms with E-state index < -0.39 is 12.0 Å². The number of hydrogen-bond donors (Lipinski definition) is 1. The molecule has 2 heterocycles. The first-order valence-corrected chi connectivity index (χ1v) is 12.2. The van der Waals surface area contributed by atoms with Gasteiger partial charge in [-0.3, -0.25) is 14.5 Å². The fraction of sp³-hybridized carbons (Fsp3) is 0.696. The molecule has 1 aliphatic heterocycles. The molecule has 1 aromatic heterocycles. The highest BCUT2D eigenvalue weighted by molar-refractivity contribution is 7.14. The number of carboxylic acids is 1. The van der Waals surface area contributed by atoms with Crippen LogP contribution in [0.15, 0.2) is 6.07 Å². The fourth-order valence-electron chi connectivity index (χ4n) is 4.68. The topological polar surface area (TPSA) is 81.2 Å². The van der Waals surface area contributed by atoms with E-state index in [0.29, 0.717) is 31.1 Å². The number of rotatable bonds is 6. The molecular weight excluding hydrogens is 414 g/mol. The molecule has 0 aromatic carbocycles. The molecule has 0 bridgehead atoms. The molecule has 2 fully saturated rings. The molecule has 1 unspecified atom stereocenters. The van der Waals surface area contributed by atoms with Crippen LogP contribution in [0.25, 0.3) is 0 Å². The van der Waals surface area contributed by atoms with Crippen molar-refractivity contribution < 1.29 is 19.5 Å². The Kier molecular flexibility index (Phi) is 7.75. The van der Waals surface area contributed by atoms with Crippen LogP contribution >= 0.6 is 11.3 Å². The van der Waals surface area contributed by atoms with Gasteiger partial charge in [0.05, 0.1) is 5.69 Å². The van der Waals surface area contributed by atoms with Gasteiger partial charge in [-0.1, -0.05) is 13.8 Å². The summed E-state index contributed by atoms with van der Waals surface area (Å²) in [5.74, 6) is -0.781. The van der Waals surface area contributed by atoms with Crippen LogP contribution in [0.4, 0.5) is 5.69 Å². The zero-order valence-corrected chi connectivity index (χ0v) is 19.9. The van der Waals surface area contributed by atoms with E-state index in [4.69, 9.17) is 0 Å². The zero-order valence-electron chi connectivity index (χ0n) is 19.1. The van der Waals surface area contributed by atoms with Crippen LogP contribution in [0.3, 0.4) is 0 Å². The second-order valence-corrected chi connectivity index (χ2v) is 10.4. The number of piperazine rings is 1. The zero-order chi connectivity index (χ0) is 22.7. The lowest BCUT2D eigenvalue weighted by Gasteiger charge is -2.39. The summed E-state index contributed by atoms with van der Waals surface area (Å²) < 4.78 is 0. The van der Waals surface area contributed by atoms with E-state index in [1.54, 1.807) is 11.0 Å². The van der Waals surface area contributed by atoms with Gasteiger partial charge in [0.15, 0.2) is 0 Å². The van der Waals surface area contributed by atoms with Crippen LogP contribution in [0.2, 0.25) is 0 Å². The Balaban J connectivity index is 1.97. The number of carbonyl (C=O) groups is 3. The smallest absolute Gasteiger partial charge is 0.348 e. The summed E-state index contributed by atoms with van der Waals surface area (Å²) in [6.07, 6.45) is 4.01. The Labute approximate surface area is 189 Å². The monoisotopic (exact) mass is 449 g/mol. The van der Waals surface area contributed by atoms with E-state index in [2.05, 4.69) is 11.8 Å². The summed E-state index contributed by atoms with van der Waals surface area (Å²) in [5, 5.41) is 9.80. The third-order valence-corrected chi connectivity index (χ3v) is 7.72. The van der Waals surface area contributed by atoms with Crippen molar-refractivity contribution in [2.45, 2.75) is 58.9 Å². The molecule has 0 spiro atoms. The maximum Gasteiger partial charge on any atom is 0.348 e. The van der Waals surface area contributed by atoms with Crippen molar-refractivity contribution >= 4 is 34.8 Å². The number of thiophene rings is 1. The SMILES string of the molecule is CCC(C(=O)N1CCN(C)CC1)N(C(=O)C1CCC(C)CC1)c1cc(C)sc1C(=O)O. The summed E-state index contributed by atoms with van der Waals surface area (Å²) >= 11 is 1.17. The van der Waals surface area contributed by atoms with Gasteiger partial charge < -0.3 is 14.9 Å². The Bertz CT molecular complexity index is 808. The summed E-state index contributed by atoms with van der Waals surface area (Å²) in [6.45, 7) is 8.81. The Morgan fingerprint density at radius 2 is 1.77 bits per heavy atom. The molecule has 31 heavy (non-hydrogen) atoms. The molecule has 3 rings (SSSR count). The summed E-state index contributed by atoms with van der Waals surface area (Å²) in [4.78, 5) is 45.8. The number of nitrogens with zero attached hydrogens (tertiary/aromatic N) is 3. The number of carboxylic acid groups (broad SMARTS) is 1. The van der Waals surface area contributed by atoms with Gasteiger partial charge in [-0.2, -0.15) is 0 Å². The number of anilines is 1. The van der Waals surface area contributed by atoms with Crippen molar-refractivity contribution in [2.75, 3.05) is 38.1 Å². The van der Waals surface area contributed by atoms with E-state index >= 15 is 0 Å². The second kappa shape index (κ2) is 10.1. The van der Waals surface area contributed by atoms with Gasteiger partial charge in [0.1, 0.15) is 10.9 Å². The summed E-state index contributed by atoms with van der Waals surface area (Å²) in [5.41, 5.74) is 0.382. The minimum atomic E-state index is -1.05. The van der Waals surface area contributed by atoms with Crippen molar-refractivity contribution in [3.8, 4) is 0 Å². The van der Waals surface area contributed by atoms with Crippen LogP contribution in [0, 0.1) is 18.8 Å². The van der Waals surface area contributed by atoms with Crippen LogP contribution in [0.5, 0.6) is 0 Å². The number of aryl methyl sites for hydroxylation is 1. The quantitative estimate of drug-likeness (QED) is 0.719. The first kappa shape index (κ1) is 23.7. The molecule has 1 atom stereocenters. The third kappa shape index (κ3) is 5.29. The van der Waals surface area contributed by atoms with Crippen molar-refractivity contribution in [3.05, 3.63) is 15.8 Å². The molecule has 2 aliphatic rings. The molecule has 172 valence electrons. The highest BCUT2D eigenvalue weighted by Crippen LogP contribution is 2.36. The number of amides is 2. The maximum absolute atomic E-state index is 13.8. The normalized spacial score (nSPS) is 23.4. The molecule has 0 radical (unpaired) electrons. The van der Waals surface area contributed by atoms with Crippen LogP contribution in [-0.2, 0) is 9.59 Å². The van der Waals surface area contributed by atoms with Gasteiger partial charge >= 0.3 is 5.97 Å². The van der Waals surface area contributed by atoms with E-state index in [1.807, 2.05) is 25.8 Å². The fourth-order valence-corrected chi connectivity index (χ4v) is 5.52. The van der Waals surface area contributed by atoms with Crippen LogP contribution in [-0.4, -0.2) is 72.0 Å². The lowest BCUT2D eigenvalue weighted by molar-refractivity contribution is -0.137. The predicted octanol–water partition coefficient (Wildman–Crippen LogP) is 3.47. The van der Waals surface area contributed by atoms with Gasteiger partial charge in [0, 0.05) is 37.0 Å². The number of hydrogen-bond acceptors (Lipinski definition) is 5. The summed E-state index contributed by atoms with van der Waals surface area (Å²) in [6, 6.07) is 1.08. The number of likely N-dealkylation sites (N-methyl/N-ethyl adjacent to an activating group) is 1. The lowest BCUT2D eigenvalue weighted by atomic mass is 9.82. The van der Waals surface area contributed by atoms with E-state index in [0.717, 1.165) is 43.6 Å². The highest BCUT2D eigenvalue weighted by Gasteiger charge is 2.39. The second-order valence-electron chi connectivity index (χ2n) is 9.09. The lowest BCUT2D eigenvalue weighted by Crippen LogP contribution is -2.56. The van der Waals surface area contributed by atoms with Gasteiger partial charge in [-0.25, -0.2) is 4.79 Å². The molecule has 1 aliphatic carbocycles. The highest BCUT2D eigenvalue weighted by atomic mass is 32.1. The molecule has 1 saturated heterocycles. The Morgan fingerprint density at radius 1 is 1.16 bits per heavy atom. The standard InChI is InChI=1S/C23H35N3O4S/c1-5-18(22(28)25-12-10-24(4)11-13-25)26(19-14-16(3)31-20(19)23(29)30)21(27)17-8-6-15(2)7-9-17/h14-15,17-18H,5-13H2,1-4H3,(H,29,30). The van der Waals surface area contributed by atoms with Gasteiger partial charge in [-0.15, -0.1) is 11.3 Å². The number of aromatic carboxylic acids is 1. The third-order valence-electron chi connectivity index (χ3n) is 6.69. The first-order valence-electron chi connectivity index (χ1n) is 11.4. The minimum absolute atomic E-state index is 0.0756. The van der Waals surface area contributed by atoms with Crippen LogP contribution < -0.4 is 4.90 Å². The van der Waals surface area contributed by atoms with Crippen molar-refractivity contribution in [3.63, 3.8) is 0 Å². The predicted molar refractivity (Wildman–Crippen MR) is 123 cm³/mol. The Morgan fingerprint density at radius 3 is 2.32 bits per heavy atom. The molecule has 1 aromatic rings. The Hall–Kier alpha value is -1.93. The van der Waals surface area contributed by atoms with E-state index in [9.17, 15) is 19.5 Å². The first-order chi connectivity index (χ1) is 14.7. The van der Waals surface area contributed by atoms with Gasteiger partial charge in [0.25, 0.3) is 0 Å². The van der Waals surface area contributed by atoms with E-state index in [-0.39, 0.29) is 22.6 Å². The number of carbonyl (C=O) groups excluding carboxylic acids is 2. The molecule has 1 N–H and O–H groups in total. The van der Waals surface area contributed by atoms with Crippen molar-refractivity contribution in [1.29, 1.82) is 0 Å².